The molecule has 2 aliphatic rings. The summed E-state index contributed by atoms with van der Waals surface area (Å²) in [6.45, 7) is 14.2. The Bertz CT molecular complexity index is 527. The molecule has 5 heteroatoms. The second-order valence-electron chi connectivity index (χ2n) is 8.52. The lowest BCUT2D eigenvalue weighted by molar-refractivity contribution is 0.0529. The van der Waals surface area contributed by atoms with Gasteiger partial charge in [0.05, 0.1) is 0 Å². The molecule has 3 rings (SSSR count). The summed E-state index contributed by atoms with van der Waals surface area (Å²) in [6.07, 6.45) is 4.89. The molecule has 0 bridgehead atoms. The molecule has 148 valence electrons. The van der Waals surface area contributed by atoms with Crippen molar-refractivity contribution < 1.29 is 5.11 Å². The number of aliphatic hydroxyl groups excluding tert-OH is 1. The molecule has 1 aromatic heterocycles. The first-order chi connectivity index (χ1) is 12.6. The lowest BCUT2D eigenvalue weighted by Gasteiger charge is -2.41. The van der Waals surface area contributed by atoms with Gasteiger partial charge in [-0.25, -0.2) is 0 Å². The number of nitrogens with zero attached hydrogens (tertiary/aromatic N) is 3. The number of thiophene rings is 1. The predicted molar refractivity (Wildman–Crippen MR) is 111 cm³/mol. The van der Waals surface area contributed by atoms with E-state index in [1.54, 1.807) is 0 Å². The van der Waals surface area contributed by atoms with Gasteiger partial charge in [0.1, 0.15) is 0 Å². The standard InChI is InChI=1S/C21H37N3OS/c1-18(2)5-9-24-11-10-23(15-20(24)6-12-25)16-21-13-19(17-26-21)14-22-7-3-4-8-22/h13,17-18,20,25H,3-12,14-16H2,1-2H3. The van der Waals surface area contributed by atoms with Crippen LogP contribution in [0, 0.1) is 5.92 Å². The fourth-order valence-corrected chi connectivity index (χ4v) is 5.18. The highest BCUT2D eigenvalue weighted by molar-refractivity contribution is 7.10. The second kappa shape index (κ2) is 10.2. The Kier molecular flexibility index (Phi) is 7.94. The van der Waals surface area contributed by atoms with Crippen LogP contribution in [0.3, 0.4) is 0 Å². The molecule has 2 saturated heterocycles. The average molecular weight is 380 g/mol. The largest absolute Gasteiger partial charge is 0.396 e. The Labute approximate surface area is 163 Å². The summed E-state index contributed by atoms with van der Waals surface area (Å²) in [7, 11) is 0. The van der Waals surface area contributed by atoms with E-state index in [0.717, 1.165) is 45.1 Å². The monoisotopic (exact) mass is 379 g/mol. The zero-order valence-corrected chi connectivity index (χ0v) is 17.5. The van der Waals surface area contributed by atoms with Gasteiger partial charge in [-0.1, -0.05) is 13.8 Å². The molecule has 2 fully saturated rings. The summed E-state index contributed by atoms with van der Waals surface area (Å²) >= 11 is 1.92. The third-order valence-corrected chi connectivity index (χ3v) is 6.81. The van der Waals surface area contributed by atoms with Gasteiger partial charge < -0.3 is 5.11 Å². The molecule has 1 N–H and O–H groups in total. The first-order valence-electron chi connectivity index (χ1n) is 10.5. The van der Waals surface area contributed by atoms with Gasteiger partial charge in [-0.05, 0) is 68.2 Å². The molecular formula is C21H37N3OS. The van der Waals surface area contributed by atoms with Gasteiger partial charge in [0, 0.05) is 50.2 Å². The maximum absolute atomic E-state index is 9.48. The summed E-state index contributed by atoms with van der Waals surface area (Å²) in [4.78, 5) is 9.28. The molecule has 0 spiro atoms. The van der Waals surface area contributed by atoms with Gasteiger partial charge in [0.15, 0.2) is 0 Å². The van der Waals surface area contributed by atoms with Gasteiger partial charge in [0.2, 0.25) is 0 Å². The van der Waals surface area contributed by atoms with Crippen molar-refractivity contribution in [3.8, 4) is 0 Å². The van der Waals surface area contributed by atoms with E-state index in [2.05, 4.69) is 40.0 Å². The van der Waals surface area contributed by atoms with E-state index in [-0.39, 0.29) is 0 Å². The summed E-state index contributed by atoms with van der Waals surface area (Å²) < 4.78 is 0. The number of likely N-dealkylation sites (tertiary alicyclic amines) is 1. The lowest BCUT2D eigenvalue weighted by atomic mass is 10.1. The Morgan fingerprint density at radius 2 is 1.92 bits per heavy atom. The van der Waals surface area contributed by atoms with Crippen molar-refractivity contribution >= 4 is 11.3 Å². The average Bonchev–Trinajstić information content (AvgIpc) is 3.27. The molecule has 1 atom stereocenters. The number of piperazine rings is 1. The zero-order valence-electron chi connectivity index (χ0n) is 16.7. The van der Waals surface area contributed by atoms with E-state index in [4.69, 9.17) is 0 Å². The maximum atomic E-state index is 9.48. The fourth-order valence-electron chi connectivity index (χ4n) is 4.25. The van der Waals surface area contributed by atoms with Crippen molar-refractivity contribution in [2.75, 3.05) is 45.9 Å². The summed E-state index contributed by atoms with van der Waals surface area (Å²) in [5, 5.41) is 11.8. The second-order valence-corrected chi connectivity index (χ2v) is 9.52. The number of aliphatic hydroxyl groups is 1. The smallest absolute Gasteiger partial charge is 0.0446 e. The Balaban J connectivity index is 1.49. The molecule has 3 heterocycles. The van der Waals surface area contributed by atoms with Crippen molar-refractivity contribution in [3.63, 3.8) is 0 Å². The van der Waals surface area contributed by atoms with Gasteiger partial charge in [-0.15, -0.1) is 11.3 Å². The molecule has 0 aromatic carbocycles. The van der Waals surface area contributed by atoms with Crippen LogP contribution < -0.4 is 0 Å². The molecule has 2 aliphatic heterocycles. The molecule has 26 heavy (non-hydrogen) atoms. The number of hydrogen-bond donors (Lipinski definition) is 1. The highest BCUT2D eigenvalue weighted by atomic mass is 32.1. The van der Waals surface area contributed by atoms with Crippen molar-refractivity contribution in [2.24, 2.45) is 5.92 Å². The van der Waals surface area contributed by atoms with Crippen LogP contribution in [0.5, 0.6) is 0 Å². The minimum absolute atomic E-state index is 0.301. The molecular weight excluding hydrogens is 342 g/mol. The Morgan fingerprint density at radius 1 is 1.12 bits per heavy atom. The first-order valence-corrected chi connectivity index (χ1v) is 11.4. The maximum Gasteiger partial charge on any atom is 0.0446 e. The zero-order chi connectivity index (χ0) is 18.4. The van der Waals surface area contributed by atoms with Crippen LogP contribution in [-0.4, -0.2) is 71.7 Å². The van der Waals surface area contributed by atoms with Crippen LogP contribution in [-0.2, 0) is 13.1 Å². The molecule has 0 amide bonds. The first kappa shape index (κ1) is 20.3. The highest BCUT2D eigenvalue weighted by Crippen LogP contribution is 2.22. The van der Waals surface area contributed by atoms with Crippen LogP contribution in [0.2, 0.25) is 0 Å². The molecule has 0 aliphatic carbocycles. The molecule has 1 aromatic rings. The van der Waals surface area contributed by atoms with E-state index in [1.165, 1.54) is 49.3 Å². The topological polar surface area (TPSA) is 30.0 Å². The van der Waals surface area contributed by atoms with Crippen molar-refractivity contribution in [1.29, 1.82) is 0 Å². The van der Waals surface area contributed by atoms with Crippen LogP contribution >= 0.6 is 11.3 Å². The van der Waals surface area contributed by atoms with E-state index >= 15 is 0 Å². The van der Waals surface area contributed by atoms with E-state index in [0.29, 0.717) is 12.6 Å². The molecule has 0 saturated carbocycles. The minimum atomic E-state index is 0.301. The van der Waals surface area contributed by atoms with Crippen molar-refractivity contribution in [2.45, 2.75) is 58.7 Å². The normalized spacial score (nSPS) is 23.3. The summed E-state index contributed by atoms with van der Waals surface area (Å²) in [5.41, 5.74) is 1.49. The van der Waals surface area contributed by atoms with Gasteiger partial charge >= 0.3 is 0 Å². The number of hydrogen-bond acceptors (Lipinski definition) is 5. The summed E-state index contributed by atoms with van der Waals surface area (Å²) in [5.74, 6) is 0.753. The van der Waals surface area contributed by atoms with Crippen LogP contribution in [0.1, 0.15) is 50.0 Å². The van der Waals surface area contributed by atoms with Crippen LogP contribution in [0.25, 0.3) is 0 Å². The third-order valence-electron chi connectivity index (χ3n) is 5.84. The van der Waals surface area contributed by atoms with Crippen molar-refractivity contribution in [1.82, 2.24) is 14.7 Å². The predicted octanol–water partition coefficient (Wildman–Crippen LogP) is 3.26. The Hall–Kier alpha value is -0.460. The Morgan fingerprint density at radius 3 is 2.65 bits per heavy atom. The fraction of sp³-hybridized carbons (Fsp3) is 0.810. The quantitative estimate of drug-likeness (QED) is 0.713. The third kappa shape index (κ3) is 6.03. The highest BCUT2D eigenvalue weighted by Gasteiger charge is 2.26. The molecule has 4 nitrogen and oxygen atoms in total. The van der Waals surface area contributed by atoms with E-state index in [1.807, 2.05) is 11.3 Å². The number of rotatable bonds is 9. The van der Waals surface area contributed by atoms with Gasteiger partial charge in [-0.3, -0.25) is 14.7 Å². The van der Waals surface area contributed by atoms with Crippen LogP contribution in [0.15, 0.2) is 11.4 Å². The van der Waals surface area contributed by atoms with Crippen LogP contribution in [0.4, 0.5) is 0 Å². The minimum Gasteiger partial charge on any atom is -0.396 e. The van der Waals surface area contributed by atoms with E-state index < -0.39 is 0 Å². The summed E-state index contributed by atoms with van der Waals surface area (Å²) in [6, 6.07) is 2.94. The van der Waals surface area contributed by atoms with Gasteiger partial charge in [-0.2, -0.15) is 0 Å². The SMILES string of the molecule is CC(C)CCN1CCN(Cc2cc(CN3CCCC3)cs2)CC1CCO. The molecule has 0 radical (unpaired) electrons. The van der Waals surface area contributed by atoms with Gasteiger partial charge in [0.25, 0.3) is 0 Å². The lowest BCUT2D eigenvalue weighted by Crippen LogP contribution is -2.53. The van der Waals surface area contributed by atoms with E-state index in [9.17, 15) is 5.11 Å². The molecule has 1 unspecified atom stereocenters. The van der Waals surface area contributed by atoms with Crippen molar-refractivity contribution in [3.05, 3.63) is 21.9 Å².